The number of amides is 3. The van der Waals surface area contributed by atoms with E-state index in [1.54, 1.807) is 0 Å². The number of urea groups is 1. The zero-order chi connectivity index (χ0) is 12.4. The van der Waals surface area contributed by atoms with Crippen LogP contribution < -0.4 is 4.90 Å². The number of carbonyl (C=O) groups is 2. The van der Waals surface area contributed by atoms with Crippen LogP contribution in [0.15, 0.2) is 24.3 Å². The molecule has 90 valence electrons. The first-order valence-electron chi connectivity index (χ1n) is 4.85. The van der Waals surface area contributed by atoms with Gasteiger partial charge in [-0.2, -0.15) is 4.31 Å². The Hall–Kier alpha value is -1.76. The van der Waals surface area contributed by atoms with Crippen LogP contribution in [0.3, 0.4) is 0 Å². The number of aromatic hydroxyl groups is 1. The third kappa shape index (κ3) is 2.19. The molecule has 1 N–H and O–H groups in total. The van der Waals surface area contributed by atoms with Crippen LogP contribution in [0.2, 0.25) is 0 Å². The van der Waals surface area contributed by atoms with E-state index in [1.807, 2.05) is 0 Å². The molecule has 5 nitrogen and oxygen atoms in total. The van der Waals surface area contributed by atoms with Crippen molar-refractivity contribution in [2.75, 3.05) is 11.4 Å². The van der Waals surface area contributed by atoms with Gasteiger partial charge < -0.3 is 5.11 Å². The molecule has 0 spiro atoms. The van der Waals surface area contributed by atoms with Gasteiger partial charge in [-0.15, -0.1) is 3.89 Å². The Labute approximate surface area is 101 Å². The zero-order valence-corrected chi connectivity index (χ0v) is 9.48. The molecule has 0 aliphatic carbocycles. The average Bonchev–Trinajstić information content (AvgIpc) is 2.31. The zero-order valence-electron chi connectivity index (χ0n) is 8.67. The number of hydrogen-bond acceptors (Lipinski definition) is 4. The first-order chi connectivity index (χ1) is 8.13. The van der Waals surface area contributed by atoms with Crippen LogP contribution in [0.1, 0.15) is 6.42 Å². The summed E-state index contributed by atoms with van der Waals surface area (Å²) in [5.41, 5.74) is 0.513. The fourth-order valence-electron chi connectivity index (χ4n) is 1.56. The normalized spacial score (nSPS) is 16.5. The van der Waals surface area contributed by atoms with Crippen molar-refractivity contribution in [3.63, 3.8) is 0 Å². The van der Waals surface area contributed by atoms with E-state index in [2.05, 4.69) is 0 Å². The molecule has 0 aromatic heterocycles. The van der Waals surface area contributed by atoms with Crippen molar-refractivity contribution < 1.29 is 18.6 Å². The summed E-state index contributed by atoms with van der Waals surface area (Å²) >= 11 is -0.393. The van der Waals surface area contributed by atoms with Crippen molar-refractivity contribution in [2.45, 2.75) is 6.42 Å². The molecule has 0 atom stereocenters. The van der Waals surface area contributed by atoms with Gasteiger partial charge in [-0.05, 0) is 24.3 Å². The van der Waals surface area contributed by atoms with E-state index in [0.29, 0.717) is 9.99 Å². The lowest BCUT2D eigenvalue weighted by atomic mass is 10.2. The summed E-state index contributed by atoms with van der Waals surface area (Å²) in [7, 11) is 0. The van der Waals surface area contributed by atoms with E-state index >= 15 is 0 Å². The largest absolute Gasteiger partial charge is 0.508 e. The number of phenols is 1. The number of rotatable bonds is 2. The van der Waals surface area contributed by atoms with Gasteiger partial charge in [0.25, 0.3) is 0 Å². The van der Waals surface area contributed by atoms with Gasteiger partial charge in [-0.25, -0.2) is 4.79 Å². The minimum atomic E-state index is -0.709. The van der Waals surface area contributed by atoms with Gasteiger partial charge in [-0.1, -0.05) is 0 Å². The van der Waals surface area contributed by atoms with Crippen molar-refractivity contribution in [3.05, 3.63) is 24.3 Å². The minimum absolute atomic E-state index is 0.0730. The second-order valence-electron chi connectivity index (χ2n) is 3.46. The molecule has 0 bridgehead atoms. The van der Waals surface area contributed by atoms with Gasteiger partial charge in [0.2, 0.25) is 5.91 Å². The van der Waals surface area contributed by atoms with E-state index < -0.39 is 24.3 Å². The van der Waals surface area contributed by atoms with E-state index in [-0.39, 0.29) is 18.7 Å². The molecule has 1 aromatic rings. The van der Waals surface area contributed by atoms with E-state index in [1.165, 1.54) is 29.2 Å². The van der Waals surface area contributed by atoms with E-state index in [4.69, 9.17) is 5.11 Å². The standard InChI is InChI=1S/C10H9FN2O3S/c11-17-13-9(15)5-6-12(10(13)16)7-1-3-8(14)4-2-7/h1-4,14H,5-6H2. The lowest BCUT2D eigenvalue weighted by molar-refractivity contribution is -0.124. The third-order valence-electron chi connectivity index (χ3n) is 2.41. The van der Waals surface area contributed by atoms with Crippen LogP contribution in [0.5, 0.6) is 5.75 Å². The molecule has 7 heteroatoms. The van der Waals surface area contributed by atoms with Gasteiger partial charge in [0.15, 0.2) is 12.3 Å². The van der Waals surface area contributed by atoms with Crippen LogP contribution in [0.4, 0.5) is 14.4 Å². The molecule has 0 unspecified atom stereocenters. The van der Waals surface area contributed by atoms with Crippen molar-refractivity contribution in [1.29, 1.82) is 0 Å². The van der Waals surface area contributed by atoms with Crippen LogP contribution in [0.25, 0.3) is 0 Å². The van der Waals surface area contributed by atoms with Crippen molar-refractivity contribution in [2.24, 2.45) is 0 Å². The molecule has 0 saturated carbocycles. The highest BCUT2D eigenvalue weighted by atomic mass is 32.2. The fraction of sp³-hybridized carbons (Fsp3) is 0.200. The van der Waals surface area contributed by atoms with Crippen molar-refractivity contribution >= 4 is 30.0 Å². The highest BCUT2D eigenvalue weighted by Gasteiger charge is 2.34. The summed E-state index contributed by atoms with van der Waals surface area (Å²) in [4.78, 5) is 24.3. The second-order valence-corrected chi connectivity index (χ2v) is 3.96. The number of nitrogens with zero attached hydrogens (tertiary/aromatic N) is 2. The monoisotopic (exact) mass is 256 g/mol. The molecule has 1 aliphatic rings. The molecule has 1 heterocycles. The highest BCUT2D eigenvalue weighted by molar-refractivity contribution is 7.93. The lowest BCUT2D eigenvalue weighted by Crippen LogP contribution is -2.48. The van der Waals surface area contributed by atoms with Crippen molar-refractivity contribution in [3.8, 4) is 5.75 Å². The topological polar surface area (TPSA) is 60.9 Å². The number of imide groups is 1. The molecule has 1 fully saturated rings. The first-order valence-corrected chi connectivity index (χ1v) is 5.53. The number of hydrogen-bond donors (Lipinski definition) is 1. The maximum absolute atomic E-state index is 12.5. The van der Waals surface area contributed by atoms with Gasteiger partial charge in [0, 0.05) is 18.7 Å². The number of benzene rings is 1. The van der Waals surface area contributed by atoms with Gasteiger partial charge in [0.05, 0.1) is 0 Å². The molecule has 0 radical (unpaired) electrons. The van der Waals surface area contributed by atoms with Crippen LogP contribution >= 0.6 is 12.3 Å². The summed E-state index contributed by atoms with van der Waals surface area (Å²) in [5.74, 6) is -0.469. The summed E-state index contributed by atoms with van der Waals surface area (Å²) in [5, 5.41) is 9.13. The van der Waals surface area contributed by atoms with Gasteiger partial charge in [-0.3, -0.25) is 9.69 Å². The Morgan fingerprint density at radius 1 is 1.24 bits per heavy atom. The Morgan fingerprint density at radius 3 is 2.47 bits per heavy atom. The Morgan fingerprint density at radius 2 is 1.88 bits per heavy atom. The van der Waals surface area contributed by atoms with Gasteiger partial charge >= 0.3 is 6.03 Å². The lowest BCUT2D eigenvalue weighted by Gasteiger charge is -2.31. The molecule has 2 rings (SSSR count). The van der Waals surface area contributed by atoms with E-state index in [0.717, 1.165) is 0 Å². The summed E-state index contributed by atoms with van der Waals surface area (Å²) < 4.78 is 12.9. The second kappa shape index (κ2) is 4.62. The molecular weight excluding hydrogens is 247 g/mol. The maximum atomic E-state index is 12.5. The Bertz CT molecular complexity index is 451. The first kappa shape index (κ1) is 11.7. The molecule has 17 heavy (non-hydrogen) atoms. The number of anilines is 1. The van der Waals surface area contributed by atoms with Crippen LogP contribution in [0, 0.1) is 0 Å². The van der Waals surface area contributed by atoms with Gasteiger partial charge in [0.1, 0.15) is 5.75 Å². The number of carbonyl (C=O) groups excluding carboxylic acids is 2. The molecule has 1 aliphatic heterocycles. The number of phenolic OH excluding ortho intramolecular Hbond substituents is 1. The number of halogens is 1. The van der Waals surface area contributed by atoms with E-state index in [9.17, 15) is 13.5 Å². The summed E-state index contributed by atoms with van der Waals surface area (Å²) in [6, 6.07) is 5.20. The van der Waals surface area contributed by atoms with Crippen LogP contribution in [-0.2, 0) is 4.79 Å². The Balaban J connectivity index is 2.25. The third-order valence-corrected chi connectivity index (χ3v) is 2.91. The predicted molar refractivity (Wildman–Crippen MR) is 61.0 cm³/mol. The average molecular weight is 256 g/mol. The smallest absolute Gasteiger partial charge is 0.343 e. The predicted octanol–water partition coefficient (Wildman–Crippen LogP) is 2.08. The summed E-state index contributed by atoms with van der Waals surface area (Å²) in [6.45, 7) is 0.208. The molecule has 3 amide bonds. The SMILES string of the molecule is O=C1CCN(c2ccc(O)cc2)C(=O)N1SF. The molecule has 1 saturated heterocycles. The molecular formula is C10H9FN2O3S. The maximum Gasteiger partial charge on any atom is 0.343 e. The quantitative estimate of drug-likeness (QED) is 0.823. The van der Waals surface area contributed by atoms with Crippen molar-refractivity contribution in [1.82, 2.24) is 4.31 Å². The highest BCUT2D eigenvalue weighted by Crippen LogP contribution is 2.26. The minimum Gasteiger partial charge on any atom is -0.508 e. The molecule has 1 aromatic carbocycles. The fourth-order valence-corrected chi connectivity index (χ4v) is 1.89. The van der Waals surface area contributed by atoms with Crippen LogP contribution in [-0.4, -0.2) is 27.9 Å². The Kier molecular flexibility index (Phi) is 3.19. The summed E-state index contributed by atoms with van der Waals surface area (Å²) in [6.07, 6.45) is 0.0730.